The molecule has 0 aliphatic heterocycles. The van der Waals surface area contributed by atoms with Gasteiger partial charge in [0.1, 0.15) is 11.2 Å². The van der Waals surface area contributed by atoms with Crippen LogP contribution < -0.4 is 0 Å². The van der Waals surface area contributed by atoms with Gasteiger partial charge in [-0.1, -0.05) is 109 Å². The van der Waals surface area contributed by atoms with Crippen molar-refractivity contribution < 1.29 is 4.42 Å². The number of nitrogens with zero attached hydrogens (tertiary/aromatic N) is 5. The molecule has 0 spiro atoms. The fourth-order valence-corrected chi connectivity index (χ4v) is 7.98. The highest BCUT2D eigenvalue weighted by molar-refractivity contribution is 6.34. The Kier molecular flexibility index (Phi) is 5.98. The van der Waals surface area contributed by atoms with Crippen molar-refractivity contribution in [2.24, 2.45) is 0 Å². The van der Waals surface area contributed by atoms with Gasteiger partial charge in [-0.25, -0.2) is 4.98 Å². The smallest absolute Gasteiger partial charge is 0.238 e. The molecule has 0 fully saturated rings. The summed E-state index contributed by atoms with van der Waals surface area (Å²) >= 11 is 0. The first kappa shape index (κ1) is 28.1. The Labute approximate surface area is 292 Å². The Morgan fingerprint density at radius 2 is 1.10 bits per heavy atom. The first-order chi connectivity index (χ1) is 25.3. The van der Waals surface area contributed by atoms with Gasteiger partial charge >= 0.3 is 0 Å². The van der Waals surface area contributed by atoms with Gasteiger partial charge in [0.2, 0.25) is 5.95 Å². The minimum absolute atomic E-state index is 0.573. The summed E-state index contributed by atoms with van der Waals surface area (Å²) in [6, 6.07) is 46.1. The SMILES string of the molecule is C1=CC(n2c3ccc4c5ccccc5oc4c3c3c4c5ccccc5n(-c5nc(-c6ccccc6)nc(-c6ccccc6)n5)c4ccc32)=CCC1. The lowest BCUT2D eigenvalue weighted by atomic mass is 10.0. The van der Waals surface area contributed by atoms with Gasteiger partial charge in [0.25, 0.3) is 0 Å². The number of hydrogen-bond acceptors (Lipinski definition) is 4. The van der Waals surface area contributed by atoms with E-state index in [4.69, 9.17) is 19.4 Å². The lowest BCUT2D eigenvalue weighted by Gasteiger charge is -2.12. The lowest BCUT2D eigenvalue weighted by Crippen LogP contribution is -2.06. The van der Waals surface area contributed by atoms with E-state index in [9.17, 15) is 0 Å². The van der Waals surface area contributed by atoms with Gasteiger partial charge in [0, 0.05) is 43.8 Å². The van der Waals surface area contributed by atoms with Crippen LogP contribution in [0.15, 0.2) is 156 Å². The van der Waals surface area contributed by atoms with Crippen molar-refractivity contribution in [2.75, 3.05) is 0 Å². The van der Waals surface area contributed by atoms with Crippen molar-refractivity contribution in [1.29, 1.82) is 0 Å². The number of benzene rings is 6. The predicted octanol–water partition coefficient (Wildman–Crippen LogP) is 11.5. The van der Waals surface area contributed by atoms with E-state index >= 15 is 0 Å². The van der Waals surface area contributed by atoms with E-state index in [1.54, 1.807) is 0 Å². The molecule has 4 aromatic heterocycles. The molecule has 0 radical (unpaired) electrons. The minimum Gasteiger partial charge on any atom is -0.455 e. The van der Waals surface area contributed by atoms with Crippen LogP contribution >= 0.6 is 0 Å². The molecular formula is C45H29N5O. The first-order valence-corrected chi connectivity index (χ1v) is 17.4. The first-order valence-electron chi connectivity index (χ1n) is 17.4. The number of aromatic nitrogens is 5. The third kappa shape index (κ3) is 4.14. The van der Waals surface area contributed by atoms with E-state index < -0.39 is 0 Å². The van der Waals surface area contributed by atoms with Gasteiger partial charge in [-0.15, -0.1) is 0 Å². The fourth-order valence-electron chi connectivity index (χ4n) is 7.98. The second-order valence-electron chi connectivity index (χ2n) is 13.1. The van der Waals surface area contributed by atoms with E-state index in [1.807, 2.05) is 66.7 Å². The van der Waals surface area contributed by atoms with Crippen LogP contribution in [0.5, 0.6) is 0 Å². The van der Waals surface area contributed by atoms with E-state index in [-0.39, 0.29) is 0 Å². The Morgan fingerprint density at radius 1 is 0.471 bits per heavy atom. The average molecular weight is 656 g/mol. The topological polar surface area (TPSA) is 61.7 Å². The quantitative estimate of drug-likeness (QED) is 0.189. The maximum absolute atomic E-state index is 6.77. The van der Waals surface area contributed by atoms with Crippen molar-refractivity contribution in [3.63, 3.8) is 0 Å². The Bertz CT molecular complexity index is 3010. The summed E-state index contributed by atoms with van der Waals surface area (Å²) in [6.45, 7) is 0. The number of fused-ring (bicyclic) bond motifs is 11. The molecule has 240 valence electrons. The summed E-state index contributed by atoms with van der Waals surface area (Å²) in [5.41, 5.74) is 9.15. The van der Waals surface area contributed by atoms with E-state index in [2.05, 4.69) is 94.1 Å². The van der Waals surface area contributed by atoms with Crippen LogP contribution in [0.1, 0.15) is 12.8 Å². The van der Waals surface area contributed by atoms with Crippen LogP contribution in [0, 0.1) is 0 Å². The Morgan fingerprint density at radius 3 is 1.82 bits per heavy atom. The molecule has 0 atom stereocenters. The van der Waals surface area contributed by atoms with Gasteiger partial charge in [0.05, 0.1) is 27.5 Å². The Hall–Kier alpha value is -6.79. The van der Waals surface area contributed by atoms with Crippen LogP contribution in [0.4, 0.5) is 0 Å². The molecule has 6 heteroatoms. The molecule has 6 aromatic carbocycles. The molecule has 0 N–H and O–H groups in total. The summed E-state index contributed by atoms with van der Waals surface area (Å²) in [6.07, 6.45) is 8.92. The van der Waals surface area contributed by atoms with Crippen LogP contribution in [-0.4, -0.2) is 24.1 Å². The second-order valence-corrected chi connectivity index (χ2v) is 13.1. The summed E-state index contributed by atoms with van der Waals surface area (Å²) in [7, 11) is 0. The molecule has 0 saturated carbocycles. The maximum Gasteiger partial charge on any atom is 0.238 e. The zero-order valence-corrected chi connectivity index (χ0v) is 27.5. The molecule has 0 saturated heterocycles. The van der Waals surface area contributed by atoms with Crippen molar-refractivity contribution in [3.05, 3.63) is 152 Å². The fraction of sp³-hybridized carbons (Fsp3) is 0.0444. The standard InChI is InChI=1S/C45H29N5O/c1-4-14-28(15-5-1)43-46-44(29-16-6-2-7-17-29)48-45(47-43)50-34-22-12-10-21-33(34)39-35(50)26-27-36-40(39)41-37(49(36)30-18-8-3-9-19-30)25-24-32-31-20-11-13-23-38(31)51-42(32)41/h1-2,4-8,10-27H,3,9H2. The molecule has 4 heterocycles. The zero-order valence-electron chi connectivity index (χ0n) is 27.5. The van der Waals surface area contributed by atoms with Gasteiger partial charge in [0.15, 0.2) is 11.6 Å². The van der Waals surface area contributed by atoms with Gasteiger partial charge in [-0.2, -0.15) is 9.97 Å². The van der Waals surface area contributed by atoms with Crippen molar-refractivity contribution in [2.45, 2.75) is 12.8 Å². The summed E-state index contributed by atoms with van der Waals surface area (Å²) in [5.74, 6) is 1.83. The second kappa shape index (κ2) is 10.9. The van der Waals surface area contributed by atoms with E-state index in [1.165, 1.54) is 5.70 Å². The molecule has 0 bridgehead atoms. The zero-order chi connectivity index (χ0) is 33.5. The average Bonchev–Trinajstić information content (AvgIpc) is 3.86. The molecule has 10 aromatic rings. The molecule has 11 rings (SSSR count). The number of allylic oxidation sites excluding steroid dienone is 4. The summed E-state index contributed by atoms with van der Waals surface area (Å²) < 4.78 is 11.4. The highest BCUT2D eigenvalue weighted by Gasteiger charge is 2.25. The number of furan rings is 1. The molecular weight excluding hydrogens is 627 g/mol. The minimum atomic E-state index is 0.573. The van der Waals surface area contributed by atoms with Crippen molar-refractivity contribution in [3.8, 4) is 28.7 Å². The molecule has 1 aliphatic carbocycles. The molecule has 51 heavy (non-hydrogen) atoms. The summed E-state index contributed by atoms with van der Waals surface area (Å²) in [5, 5.41) is 6.77. The molecule has 0 amide bonds. The van der Waals surface area contributed by atoms with Crippen molar-refractivity contribution >= 4 is 71.2 Å². The number of para-hydroxylation sites is 2. The molecule has 6 nitrogen and oxygen atoms in total. The van der Waals surface area contributed by atoms with E-state index in [0.717, 1.165) is 89.5 Å². The van der Waals surface area contributed by atoms with Crippen molar-refractivity contribution in [1.82, 2.24) is 24.1 Å². The van der Waals surface area contributed by atoms with Crippen LogP contribution in [0.25, 0.3) is 100.0 Å². The van der Waals surface area contributed by atoms with Gasteiger partial charge in [-0.3, -0.25) is 4.57 Å². The largest absolute Gasteiger partial charge is 0.455 e. The number of rotatable bonds is 4. The molecule has 0 unspecified atom stereocenters. The Balaban J connectivity index is 1.31. The third-order valence-electron chi connectivity index (χ3n) is 10.2. The monoisotopic (exact) mass is 655 g/mol. The third-order valence-corrected chi connectivity index (χ3v) is 10.2. The van der Waals surface area contributed by atoms with Gasteiger partial charge in [-0.05, 0) is 55.3 Å². The lowest BCUT2D eigenvalue weighted by molar-refractivity contribution is 0.673. The molecule has 1 aliphatic rings. The van der Waals surface area contributed by atoms with E-state index in [0.29, 0.717) is 17.6 Å². The van der Waals surface area contributed by atoms with Crippen LogP contribution in [0.2, 0.25) is 0 Å². The van der Waals surface area contributed by atoms with Crippen LogP contribution in [-0.2, 0) is 0 Å². The summed E-state index contributed by atoms with van der Waals surface area (Å²) in [4.78, 5) is 15.3. The highest BCUT2D eigenvalue weighted by Crippen LogP contribution is 2.46. The maximum atomic E-state index is 6.77. The van der Waals surface area contributed by atoms with Crippen LogP contribution in [0.3, 0.4) is 0 Å². The predicted molar refractivity (Wildman–Crippen MR) is 208 cm³/mol. The van der Waals surface area contributed by atoms with Gasteiger partial charge < -0.3 is 8.98 Å². The number of hydrogen-bond donors (Lipinski definition) is 0. The highest BCUT2D eigenvalue weighted by atomic mass is 16.3. The normalized spacial score (nSPS) is 13.4.